The molecule has 0 radical (unpaired) electrons. The first-order valence-electron chi connectivity index (χ1n) is 6.74. The van der Waals surface area contributed by atoms with Gasteiger partial charge >= 0.3 is 0 Å². The average Bonchev–Trinajstić information content (AvgIpc) is 2.31. The second-order valence-electron chi connectivity index (χ2n) is 5.16. The van der Waals surface area contributed by atoms with Gasteiger partial charge in [0, 0.05) is 30.1 Å². The van der Waals surface area contributed by atoms with Crippen LogP contribution >= 0.6 is 11.6 Å². The SMILES string of the molecule is CC(C)NCCC(=O)NC(C)Cc1ccc(Cl)cc1. The molecule has 1 unspecified atom stereocenters. The fourth-order valence-electron chi connectivity index (χ4n) is 1.85. The molecule has 2 N–H and O–H groups in total. The third-order valence-electron chi connectivity index (χ3n) is 2.77. The van der Waals surface area contributed by atoms with Gasteiger partial charge in [-0.3, -0.25) is 4.79 Å². The van der Waals surface area contributed by atoms with Crippen LogP contribution < -0.4 is 10.6 Å². The van der Waals surface area contributed by atoms with Crippen LogP contribution in [0, 0.1) is 0 Å². The van der Waals surface area contributed by atoms with Crippen LogP contribution in [-0.2, 0) is 11.2 Å². The lowest BCUT2D eigenvalue weighted by Gasteiger charge is -2.14. The Morgan fingerprint density at radius 2 is 1.84 bits per heavy atom. The smallest absolute Gasteiger partial charge is 0.221 e. The van der Waals surface area contributed by atoms with Crippen LogP contribution in [-0.4, -0.2) is 24.5 Å². The predicted octanol–water partition coefficient (Wildman–Crippen LogP) is 2.78. The number of nitrogens with one attached hydrogen (secondary N) is 2. The molecular weight excluding hydrogens is 260 g/mol. The quantitative estimate of drug-likeness (QED) is 0.807. The van der Waals surface area contributed by atoms with Crippen LogP contribution in [0.15, 0.2) is 24.3 Å². The summed E-state index contributed by atoms with van der Waals surface area (Å²) in [6.45, 7) is 6.88. The molecule has 106 valence electrons. The van der Waals surface area contributed by atoms with Crippen molar-refractivity contribution in [3.63, 3.8) is 0 Å². The summed E-state index contributed by atoms with van der Waals surface area (Å²) in [5.74, 6) is 0.0922. The number of benzene rings is 1. The standard InChI is InChI=1S/C15H23ClN2O/c1-11(2)17-9-8-15(19)18-12(3)10-13-4-6-14(16)7-5-13/h4-7,11-12,17H,8-10H2,1-3H3,(H,18,19). The second kappa shape index (κ2) is 8.18. The normalized spacial score (nSPS) is 12.5. The molecule has 4 heteroatoms. The maximum atomic E-state index is 11.7. The number of hydrogen-bond donors (Lipinski definition) is 2. The minimum Gasteiger partial charge on any atom is -0.353 e. The fraction of sp³-hybridized carbons (Fsp3) is 0.533. The van der Waals surface area contributed by atoms with Crippen LogP contribution in [0.5, 0.6) is 0 Å². The lowest BCUT2D eigenvalue weighted by molar-refractivity contribution is -0.121. The highest BCUT2D eigenvalue weighted by Crippen LogP contribution is 2.11. The van der Waals surface area contributed by atoms with Crippen molar-refractivity contribution in [2.24, 2.45) is 0 Å². The van der Waals surface area contributed by atoms with E-state index in [1.54, 1.807) is 0 Å². The molecule has 0 fully saturated rings. The zero-order valence-corrected chi connectivity index (χ0v) is 12.6. The first-order chi connectivity index (χ1) is 8.97. The highest BCUT2D eigenvalue weighted by Gasteiger charge is 2.08. The van der Waals surface area contributed by atoms with Gasteiger partial charge < -0.3 is 10.6 Å². The Morgan fingerprint density at radius 1 is 1.21 bits per heavy atom. The van der Waals surface area contributed by atoms with Gasteiger partial charge in [0.15, 0.2) is 0 Å². The Labute approximate surface area is 120 Å². The van der Waals surface area contributed by atoms with Crippen LogP contribution in [0.2, 0.25) is 5.02 Å². The monoisotopic (exact) mass is 282 g/mol. The van der Waals surface area contributed by atoms with Crippen LogP contribution in [0.3, 0.4) is 0 Å². The molecule has 0 saturated carbocycles. The van der Waals surface area contributed by atoms with Gasteiger partial charge in [0.25, 0.3) is 0 Å². The number of carbonyl (C=O) groups is 1. The van der Waals surface area contributed by atoms with Crippen molar-refractivity contribution in [1.29, 1.82) is 0 Å². The Bertz CT molecular complexity index is 390. The van der Waals surface area contributed by atoms with E-state index in [9.17, 15) is 4.79 Å². The summed E-state index contributed by atoms with van der Waals surface area (Å²) in [6.07, 6.45) is 1.34. The molecule has 0 aliphatic heterocycles. The molecule has 1 amide bonds. The summed E-state index contributed by atoms with van der Waals surface area (Å²) >= 11 is 5.84. The van der Waals surface area contributed by atoms with Crippen molar-refractivity contribution in [3.05, 3.63) is 34.9 Å². The summed E-state index contributed by atoms with van der Waals surface area (Å²) in [4.78, 5) is 11.7. The summed E-state index contributed by atoms with van der Waals surface area (Å²) in [5.41, 5.74) is 1.18. The van der Waals surface area contributed by atoms with E-state index in [0.717, 1.165) is 18.0 Å². The summed E-state index contributed by atoms with van der Waals surface area (Å²) in [6, 6.07) is 8.28. The Hall–Kier alpha value is -1.06. The highest BCUT2D eigenvalue weighted by atomic mass is 35.5. The van der Waals surface area contributed by atoms with E-state index in [1.165, 1.54) is 5.56 Å². The number of amides is 1. The molecular formula is C15H23ClN2O. The molecule has 0 bridgehead atoms. The summed E-state index contributed by atoms with van der Waals surface area (Å²) < 4.78 is 0. The number of rotatable bonds is 7. The Morgan fingerprint density at radius 3 is 2.42 bits per heavy atom. The number of carbonyl (C=O) groups excluding carboxylic acids is 1. The van der Waals surface area contributed by atoms with Gasteiger partial charge in [-0.25, -0.2) is 0 Å². The molecule has 0 aromatic heterocycles. The molecule has 0 aliphatic rings. The van der Waals surface area contributed by atoms with Crippen LogP contribution in [0.4, 0.5) is 0 Å². The van der Waals surface area contributed by atoms with Crippen LogP contribution in [0.1, 0.15) is 32.8 Å². The average molecular weight is 283 g/mol. The van der Waals surface area contributed by atoms with Gasteiger partial charge in [-0.15, -0.1) is 0 Å². The maximum absolute atomic E-state index is 11.7. The molecule has 1 aromatic rings. The largest absolute Gasteiger partial charge is 0.353 e. The molecule has 0 saturated heterocycles. The Balaban J connectivity index is 2.28. The first kappa shape index (κ1) is 16.0. The molecule has 19 heavy (non-hydrogen) atoms. The van der Waals surface area contributed by atoms with E-state index in [-0.39, 0.29) is 11.9 Å². The molecule has 1 rings (SSSR count). The van der Waals surface area contributed by atoms with E-state index in [1.807, 2.05) is 31.2 Å². The minimum atomic E-state index is 0.0922. The van der Waals surface area contributed by atoms with Crippen molar-refractivity contribution in [1.82, 2.24) is 10.6 Å². The molecule has 0 spiro atoms. The lowest BCUT2D eigenvalue weighted by Crippen LogP contribution is -2.36. The third kappa shape index (κ3) is 7.19. The lowest BCUT2D eigenvalue weighted by atomic mass is 10.1. The first-order valence-corrected chi connectivity index (χ1v) is 7.12. The molecule has 0 aliphatic carbocycles. The molecule has 3 nitrogen and oxygen atoms in total. The molecule has 1 atom stereocenters. The number of halogens is 1. The van der Waals surface area contributed by atoms with E-state index in [2.05, 4.69) is 24.5 Å². The molecule has 1 aromatic carbocycles. The van der Waals surface area contributed by atoms with Crippen molar-refractivity contribution < 1.29 is 4.79 Å². The van der Waals surface area contributed by atoms with Gasteiger partial charge in [-0.1, -0.05) is 37.6 Å². The highest BCUT2D eigenvalue weighted by molar-refractivity contribution is 6.30. The number of hydrogen-bond acceptors (Lipinski definition) is 2. The third-order valence-corrected chi connectivity index (χ3v) is 3.02. The van der Waals surface area contributed by atoms with Crippen LogP contribution in [0.25, 0.3) is 0 Å². The predicted molar refractivity (Wildman–Crippen MR) is 80.5 cm³/mol. The minimum absolute atomic E-state index is 0.0922. The van der Waals surface area contributed by atoms with Crippen molar-refractivity contribution >= 4 is 17.5 Å². The van der Waals surface area contributed by atoms with Gasteiger partial charge in [-0.05, 0) is 31.0 Å². The van der Waals surface area contributed by atoms with Gasteiger partial charge in [0.1, 0.15) is 0 Å². The van der Waals surface area contributed by atoms with E-state index < -0.39 is 0 Å². The summed E-state index contributed by atoms with van der Waals surface area (Å²) in [5, 5.41) is 6.97. The van der Waals surface area contributed by atoms with E-state index in [4.69, 9.17) is 11.6 Å². The van der Waals surface area contributed by atoms with E-state index in [0.29, 0.717) is 12.5 Å². The van der Waals surface area contributed by atoms with Gasteiger partial charge in [-0.2, -0.15) is 0 Å². The molecule has 0 heterocycles. The zero-order valence-electron chi connectivity index (χ0n) is 11.9. The topological polar surface area (TPSA) is 41.1 Å². The van der Waals surface area contributed by atoms with Gasteiger partial charge in [0.2, 0.25) is 5.91 Å². The van der Waals surface area contributed by atoms with Crippen molar-refractivity contribution in [2.45, 2.75) is 45.7 Å². The summed E-state index contributed by atoms with van der Waals surface area (Å²) in [7, 11) is 0. The second-order valence-corrected chi connectivity index (χ2v) is 5.59. The van der Waals surface area contributed by atoms with Crippen molar-refractivity contribution in [2.75, 3.05) is 6.54 Å². The fourth-order valence-corrected chi connectivity index (χ4v) is 1.97. The van der Waals surface area contributed by atoms with Crippen molar-refractivity contribution in [3.8, 4) is 0 Å². The van der Waals surface area contributed by atoms with Gasteiger partial charge in [0.05, 0.1) is 0 Å². The maximum Gasteiger partial charge on any atom is 0.221 e. The Kier molecular flexibility index (Phi) is 6.89. The van der Waals surface area contributed by atoms with E-state index >= 15 is 0 Å². The zero-order chi connectivity index (χ0) is 14.3.